The largest absolute Gasteiger partial charge is 0.444 e. The van der Waals surface area contributed by atoms with Crippen LogP contribution in [0, 0.1) is 11.6 Å². The molecule has 2 atom stereocenters. The molecule has 0 unspecified atom stereocenters. The highest BCUT2D eigenvalue weighted by atomic mass is 19.1. The highest BCUT2D eigenvalue weighted by Crippen LogP contribution is 2.30. The second-order valence-electron chi connectivity index (χ2n) is 6.59. The number of piperidine rings is 1. The lowest BCUT2D eigenvalue weighted by atomic mass is 9.87. The number of ether oxygens (including phenoxy) is 1. The van der Waals surface area contributed by atoms with Crippen LogP contribution in [-0.4, -0.2) is 40.9 Å². The van der Waals surface area contributed by atoms with Crippen molar-refractivity contribution >= 4 is 6.09 Å². The number of aliphatic hydroxyl groups excluding tert-OH is 1. The van der Waals surface area contributed by atoms with Crippen LogP contribution in [0.2, 0.25) is 0 Å². The number of nitrogens with zero attached hydrogens (tertiary/aromatic N) is 1. The smallest absolute Gasteiger partial charge is 0.410 e. The number of likely N-dealkylation sites (tertiary alicyclic amines) is 1. The number of hydrogen-bond acceptors (Lipinski definition) is 3. The van der Waals surface area contributed by atoms with E-state index in [9.17, 15) is 18.7 Å². The molecule has 4 nitrogen and oxygen atoms in total. The molecule has 1 fully saturated rings. The lowest BCUT2D eigenvalue weighted by Gasteiger charge is -2.36. The van der Waals surface area contributed by atoms with E-state index in [1.165, 1.54) is 17.0 Å². The highest BCUT2D eigenvalue weighted by Gasteiger charge is 2.33. The Morgan fingerprint density at radius 2 is 1.86 bits per heavy atom. The molecule has 22 heavy (non-hydrogen) atoms. The molecule has 1 amide bonds. The fourth-order valence-electron chi connectivity index (χ4n) is 2.60. The second-order valence-corrected chi connectivity index (χ2v) is 6.59. The maximum atomic E-state index is 13.3. The zero-order chi connectivity index (χ0) is 16.5. The van der Waals surface area contributed by atoms with Crippen molar-refractivity contribution in [3.63, 3.8) is 0 Å². The van der Waals surface area contributed by atoms with Gasteiger partial charge in [-0.05, 0) is 44.9 Å². The van der Waals surface area contributed by atoms with Gasteiger partial charge in [0.1, 0.15) is 17.2 Å². The minimum absolute atomic E-state index is 0.0811. The number of halogens is 2. The van der Waals surface area contributed by atoms with Gasteiger partial charge < -0.3 is 14.7 Å². The van der Waals surface area contributed by atoms with Gasteiger partial charge in [-0.3, -0.25) is 0 Å². The van der Waals surface area contributed by atoms with Crippen LogP contribution in [0.25, 0.3) is 0 Å². The van der Waals surface area contributed by atoms with Crippen molar-refractivity contribution < 1.29 is 23.4 Å². The van der Waals surface area contributed by atoms with E-state index < -0.39 is 35.4 Å². The minimum Gasteiger partial charge on any atom is -0.444 e. The first kappa shape index (κ1) is 16.7. The van der Waals surface area contributed by atoms with E-state index in [2.05, 4.69) is 0 Å². The average Bonchev–Trinajstić information content (AvgIpc) is 2.35. The summed E-state index contributed by atoms with van der Waals surface area (Å²) in [6, 6.07) is 3.24. The van der Waals surface area contributed by atoms with Crippen LogP contribution >= 0.6 is 0 Å². The standard InChI is InChI=1S/C16H21F2NO3/c1-16(2,3)22-15(21)19-5-4-13(14(20)9-19)10-6-11(17)8-12(18)7-10/h6-8,13-14,20H,4-5,9H2,1-3H3/t13-,14+/m1/s1. The number of hydrogen-bond donors (Lipinski definition) is 1. The molecule has 0 radical (unpaired) electrons. The molecule has 2 rings (SSSR count). The first-order valence-electron chi connectivity index (χ1n) is 7.28. The van der Waals surface area contributed by atoms with E-state index in [1.807, 2.05) is 0 Å². The summed E-state index contributed by atoms with van der Waals surface area (Å²) in [7, 11) is 0. The van der Waals surface area contributed by atoms with Crippen LogP contribution in [0.15, 0.2) is 18.2 Å². The molecule has 1 saturated heterocycles. The monoisotopic (exact) mass is 313 g/mol. The Morgan fingerprint density at radius 3 is 2.36 bits per heavy atom. The van der Waals surface area contributed by atoms with Crippen molar-refractivity contribution in [3.05, 3.63) is 35.4 Å². The zero-order valence-corrected chi connectivity index (χ0v) is 13.0. The van der Waals surface area contributed by atoms with Crippen LogP contribution in [-0.2, 0) is 4.74 Å². The van der Waals surface area contributed by atoms with Gasteiger partial charge >= 0.3 is 6.09 Å². The molecule has 1 aromatic rings. The maximum Gasteiger partial charge on any atom is 0.410 e. The summed E-state index contributed by atoms with van der Waals surface area (Å²) in [5, 5.41) is 10.2. The second kappa shape index (κ2) is 6.20. The molecule has 1 aromatic carbocycles. The predicted molar refractivity (Wildman–Crippen MR) is 77.5 cm³/mol. The number of β-amino-alcohol motifs (C(OH)–C–C–N with tert-alkyl or cyclic N) is 1. The number of carbonyl (C=O) groups excluding carboxylic acids is 1. The third kappa shape index (κ3) is 4.16. The van der Waals surface area contributed by atoms with Crippen molar-refractivity contribution in [2.24, 2.45) is 0 Å². The fraction of sp³-hybridized carbons (Fsp3) is 0.562. The Bertz CT molecular complexity index is 537. The van der Waals surface area contributed by atoms with E-state index in [0.717, 1.165) is 6.07 Å². The van der Waals surface area contributed by atoms with Crippen LogP contribution in [0.1, 0.15) is 38.7 Å². The molecule has 0 aromatic heterocycles. The average molecular weight is 313 g/mol. The first-order valence-corrected chi connectivity index (χ1v) is 7.28. The molecule has 0 aliphatic carbocycles. The molecule has 1 aliphatic heterocycles. The molecule has 0 bridgehead atoms. The molecule has 0 saturated carbocycles. The third-order valence-corrected chi connectivity index (χ3v) is 3.55. The fourth-order valence-corrected chi connectivity index (χ4v) is 2.60. The van der Waals surface area contributed by atoms with Gasteiger partial charge in [0, 0.05) is 18.5 Å². The summed E-state index contributed by atoms with van der Waals surface area (Å²) in [4.78, 5) is 13.4. The van der Waals surface area contributed by atoms with Gasteiger partial charge in [0.2, 0.25) is 0 Å². The van der Waals surface area contributed by atoms with Gasteiger partial charge in [-0.1, -0.05) is 0 Å². The predicted octanol–water partition coefficient (Wildman–Crippen LogP) is 3.05. The Labute approximate surface area is 128 Å². The van der Waals surface area contributed by atoms with Gasteiger partial charge in [0.25, 0.3) is 0 Å². The molecule has 1 heterocycles. The topological polar surface area (TPSA) is 49.8 Å². The van der Waals surface area contributed by atoms with Gasteiger partial charge in [-0.25, -0.2) is 13.6 Å². The summed E-state index contributed by atoms with van der Waals surface area (Å²) in [6.45, 7) is 5.75. The molecule has 1 N–H and O–H groups in total. The Morgan fingerprint density at radius 1 is 1.27 bits per heavy atom. The lowest BCUT2D eigenvalue weighted by Crippen LogP contribution is -2.47. The number of carbonyl (C=O) groups is 1. The normalized spacial score (nSPS) is 22.5. The first-order chi connectivity index (χ1) is 10.2. The number of amides is 1. The summed E-state index contributed by atoms with van der Waals surface area (Å²) in [5.41, 5.74) is -0.196. The van der Waals surface area contributed by atoms with Crippen molar-refractivity contribution in [2.75, 3.05) is 13.1 Å². The van der Waals surface area contributed by atoms with Crippen LogP contribution < -0.4 is 0 Å². The quantitative estimate of drug-likeness (QED) is 0.867. The molecule has 6 heteroatoms. The number of aliphatic hydroxyl groups is 1. The summed E-state index contributed by atoms with van der Waals surface area (Å²) < 4.78 is 31.8. The van der Waals surface area contributed by atoms with E-state index in [0.29, 0.717) is 18.5 Å². The van der Waals surface area contributed by atoms with Gasteiger partial charge in [0.15, 0.2) is 0 Å². The van der Waals surface area contributed by atoms with Crippen molar-refractivity contribution in [1.29, 1.82) is 0 Å². The molecule has 1 aliphatic rings. The van der Waals surface area contributed by atoms with E-state index in [1.54, 1.807) is 20.8 Å². The van der Waals surface area contributed by atoms with Crippen LogP contribution in [0.5, 0.6) is 0 Å². The Kier molecular flexibility index (Phi) is 4.70. The maximum absolute atomic E-state index is 13.3. The molecular formula is C16H21F2NO3. The number of benzene rings is 1. The van der Waals surface area contributed by atoms with Gasteiger partial charge in [0.05, 0.1) is 12.6 Å². The van der Waals surface area contributed by atoms with Crippen LogP contribution in [0.4, 0.5) is 13.6 Å². The highest BCUT2D eigenvalue weighted by molar-refractivity contribution is 5.68. The zero-order valence-electron chi connectivity index (χ0n) is 13.0. The van der Waals surface area contributed by atoms with Gasteiger partial charge in [-0.15, -0.1) is 0 Å². The van der Waals surface area contributed by atoms with E-state index in [4.69, 9.17) is 4.74 Å². The molecule has 0 spiro atoms. The SMILES string of the molecule is CC(C)(C)OC(=O)N1CC[C@H](c2cc(F)cc(F)c2)[C@@H](O)C1. The molecule has 122 valence electrons. The third-order valence-electron chi connectivity index (χ3n) is 3.55. The van der Waals surface area contributed by atoms with Gasteiger partial charge in [-0.2, -0.15) is 0 Å². The Balaban J connectivity index is 2.05. The van der Waals surface area contributed by atoms with Crippen molar-refractivity contribution in [2.45, 2.75) is 44.8 Å². The van der Waals surface area contributed by atoms with Crippen molar-refractivity contribution in [3.8, 4) is 0 Å². The molecular weight excluding hydrogens is 292 g/mol. The Hall–Kier alpha value is -1.69. The summed E-state index contributed by atoms with van der Waals surface area (Å²) >= 11 is 0. The van der Waals surface area contributed by atoms with E-state index in [-0.39, 0.29) is 6.54 Å². The minimum atomic E-state index is -0.887. The summed E-state index contributed by atoms with van der Waals surface area (Å²) in [5.74, 6) is -1.74. The van der Waals surface area contributed by atoms with Crippen LogP contribution in [0.3, 0.4) is 0 Å². The lowest BCUT2D eigenvalue weighted by molar-refractivity contribution is -0.00157. The summed E-state index contributed by atoms with van der Waals surface area (Å²) in [6.07, 6.45) is -0.957. The number of rotatable bonds is 1. The van der Waals surface area contributed by atoms with Crippen molar-refractivity contribution in [1.82, 2.24) is 4.90 Å². The van der Waals surface area contributed by atoms with E-state index >= 15 is 0 Å².